The average Bonchev–Trinajstić information content (AvgIpc) is 2.94. The number of nitrogens with two attached hydrogens (primary N) is 1. The van der Waals surface area contributed by atoms with E-state index in [4.69, 9.17) is 10.5 Å². The molecule has 2 aliphatic rings. The van der Waals surface area contributed by atoms with E-state index in [1.807, 2.05) is 6.07 Å². The summed E-state index contributed by atoms with van der Waals surface area (Å²) in [7, 11) is 0. The monoisotopic (exact) mass is 302 g/mol. The summed E-state index contributed by atoms with van der Waals surface area (Å²) in [5, 5.41) is 0. The highest BCUT2D eigenvalue weighted by Crippen LogP contribution is 2.24. The van der Waals surface area contributed by atoms with Gasteiger partial charge in [-0.1, -0.05) is 18.2 Å². The number of benzene rings is 1. The Morgan fingerprint density at radius 2 is 2.09 bits per heavy atom. The number of ether oxygens (including phenoxy) is 1. The topological polar surface area (TPSA) is 72.6 Å². The van der Waals surface area contributed by atoms with Gasteiger partial charge in [0.15, 0.2) is 5.60 Å². The van der Waals surface area contributed by atoms with E-state index in [1.54, 1.807) is 11.8 Å². The molecule has 1 aliphatic carbocycles. The Morgan fingerprint density at radius 3 is 2.86 bits per heavy atom. The lowest BCUT2D eigenvalue weighted by Gasteiger charge is -2.38. The fraction of sp³-hybridized carbons (Fsp3) is 0.529. The van der Waals surface area contributed by atoms with Gasteiger partial charge in [0.25, 0.3) is 5.91 Å². The Balaban J connectivity index is 1.68. The highest BCUT2D eigenvalue weighted by molar-refractivity contribution is 5.85. The molecule has 1 saturated heterocycles. The van der Waals surface area contributed by atoms with Crippen molar-refractivity contribution in [2.24, 2.45) is 5.73 Å². The van der Waals surface area contributed by atoms with Gasteiger partial charge in [-0.25, -0.2) is 0 Å². The predicted octanol–water partition coefficient (Wildman–Crippen LogP) is 0.821. The average molecular weight is 302 g/mol. The Bertz CT molecular complexity index is 614. The fourth-order valence-corrected chi connectivity index (χ4v) is 3.25. The van der Waals surface area contributed by atoms with Crippen molar-refractivity contribution < 1.29 is 14.3 Å². The molecule has 0 radical (unpaired) electrons. The Hall–Kier alpha value is -1.88. The second-order valence-electron chi connectivity index (χ2n) is 6.39. The van der Waals surface area contributed by atoms with Gasteiger partial charge in [-0.3, -0.25) is 9.59 Å². The normalized spacial score (nSPS) is 24.1. The third-order valence-electron chi connectivity index (χ3n) is 4.67. The van der Waals surface area contributed by atoms with E-state index in [2.05, 4.69) is 12.1 Å². The standard InChI is InChI=1S/C17H22N2O3/c1-17(16(18)21)11-19(7-8-22-17)15(20)10-12-5-6-13-3-2-4-14(13)9-12/h5-6,9H,2-4,7-8,10-11H2,1H3,(H2,18,21)/t17-/m1/s1. The van der Waals surface area contributed by atoms with Crippen molar-refractivity contribution in [2.75, 3.05) is 19.7 Å². The lowest BCUT2D eigenvalue weighted by molar-refractivity contribution is -0.160. The van der Waals surface area contributed by atoms with E-state index in [9.17, 15) is 9.59 Å². The van der Waals surface area contributed by atoms with Gasteiger partial charge in [0.05, 0.1) is 19.6 Å². The summed E-state index contributed by atoms with van der Waals surface area (Å²) in [6.07, 6.45) is 3.81. The fourth-order valence-electron chi connectivity index (χ4n) is 3.25. The first-order chi connectivity index (χ1) is 10.5. The molecule has 1 aromatic rings. The molecule has 0 aromatic heterocycles. The van der Waals surface area contributed by atoms with Crippen LogP contribution in [0.15, 0.2) is 18.2 Å². The van der Waals surface area contributed by atoms with Crippen LogP contribution in [0.4, 0.5) is 0 Å². The summed E-state index contributed by atoms with van der Waals surface area (Å²) in [5.41, 5.74) is 8.11. The number of amides is 2. The van der Waals surface area contributed by atoms with Crippen LogP contribution in [-0.2, 0) is 33.6 Å². The molecule has 2 amide bonds. The molecule has 1 aliphatic heterocycles. The van der Waals surface area contributed by atoms with Crippen LogP contribution in [-0.4, -0.2) is 42.0 Å². The number of fused-ring (bicyclic) bond motifs is 1. The number of nitrogens with zero attached hydrogens (tertiary/aromatic N) is 1. The number of rotatable bonds is 3. The molecular formula is C17H22N2O3. The second kappa shape index (κ2) is 5.72. The zero-order valence-electron chi connectivity index (χ0n) is 12.9. The molecule has 2 N–H and O–H groups in total. The number of hydrogen-bond donors (Lipinski definition) is 1. The molecule has 0 saturated carbocycles. The molecule has 0 unspecified atom stereocenters. The van der Waals surface area contributed by atoms with Crippen molar-refractivity contribution in [1.29, 1.82) is 0 Å². The maximum absolute atomic E-state index is 12.5. The molecule has 1 aromatic carbocycles. The molecule has 5 heteroatoms. The molecule has 5 nitrogen and oxygen atoms in total. The molecule has 118 valence electrons. The van der Waals surface area contributed by atoms with Crippen LogP contribution in [0.5, 0.6) is 0 Å². The van der Waals surface area contributed by atoms with Crippen LogP contribution in [0, 0.1) is 0 Å². The lowest BCUT2D eigenvalue weighted by atomic mass is 10.0. The minimum atomic E-state index is -1.08. The van der Waals surface area contributed by atoms with Crippen molar-refractivity contribution in [3.05, 3.63) is 34.9 Å². The van der Waals surface area contributed by atoms with Crippen LogP contribution >= 0.6 is 0 Å². The van der Waals surface area contributed by atoms with Crippen molar-refractivity contribution in [1.82, 2.24) is 4.90 Å². The quantitative estimate of drug-likeness (QED) is 0.898. The van der Waals surface area contributed by atoms with Crippen molar-refractivity contribution in [2.45, 2.75) is 38.2 Å². The molecule has 0 spiro atoms. The molecule has 22 heavy (non-hydrogen) atoms. The van der Waals surface area contributed by atoms with Gasteiger partial charge in [-0.2, -0.15) is 0 Å². The molecule has 1 heterocycles. The van der Waals surface area contributed by atoms with Crippen molar-refractivity contribution in [3.8, 4) is 0 Å². The van der Waals surface area contributed by atoms with Gasteiger partial charge in [-0.15, -0.1) is 0 Å². The number of morpholine rings is 1. The molecule has 1 atom stereocenters. The van der Waals surface area contributed by atoms with E-state index < -0.39 is 11.5 Å². The molecule has 3 rings (SSSR count). The van der Waals surface area contributed by atoms with E-state index >= 15 is 0 Å². The third-order valence-corrected chi connectivity index (χ3v) is 4.67. The number of aryl methyl sites for hydroxylation is 2. The smallest absolute Gasteiger partial charge is 0.251 e. The van der Waals surface area contributed by atoms with Gasteiger partial charge in [0.1, 0.15) is 0 Å². The highest BCUT2D eigenvalue weighted by atomic mass is 16.5. The second-order valence-corrected chi connectivity index (χ2v) is 6.39. The van der Waals surface area contributed by atoms with E-state index in [-0.39, 0.29) is 12.5 Å². The van der Waals surface area contributed by atoms with Gasteiger partial charge in [0, 0.05) is 6.54 Å². The minimum Gasteiger partial charge on any atom is -0.367 e. The number of carbonyl (C=O) groups excluding carboxylic acids is 2. The maximum atomic E-state index is 12.5. The minimum absolute atomic E-state index is 0.0220. The van der Waals surface area contributed by atoms with Gasteiger partial charge in [-0.05, 0) is 42.9 Å². The Morgan fingerprint density at radius 1 is 1.32 bits per heavy atom. The summed E-state index contributed by atoms with van der Waals surface area (Å²) in [6, 6.07) is 6.32. The first kappa shape index (κ1) is 15.0. The van der Waals surface area contributed by atoms with Crippen molar-refractivity contribution >= 4 is 11.8 Å². The van der Waals surface area contributed by atoms with Crippen LogP contribution in [0.1, 0.15) is 30.0 Å². The molecular weight excluding hydrogens is 280 g/mol. The summed E-state index contributed by atoms with van der Waals surface area (Å²) in [5.74, 6) is -0.503. The van der Waals surface area contributed by atoms with Gasteiger partial charge in [0.2, 0.25) is 5.91 Å². The van der Waals surface area contributed by atoms with E-state index in [0.717, 1.165) is 18.4 Å². The van der Waals surface area contributed by atoms with Gasteiger partial charge >= 0.3 is 0 Å². The zero-order valence-corrected chi connectivity index (χ0v) is 12.9. The summed E-state index contributed by atoms with van der Waals surface area (Å²) in [6.45, 7) is 2.72. The first-order valence-corrected chi connectivity index (χ1v) is 7.80. The number of carbonyl (C=O) groups is 2. The maximum Gasteiger partial charge on any atom is 0.251 e. The number of hydrogen-bond acceptors (Lipinski definition) is 3. The summed E-state index contributed by atoms with van der Waals surface area (Å²) < 4.78 is 5.45. The Kier molecular flexibility index (Phi) is 3.91. The van der Waals surface area contributed by atoms with Crippen LogP contribution in [0.25, 0.3) is 0 Å². The van der Waals surface area contributed by atoms with Gasteiger partial charge < -0.3 is 15.4 Å². The summed E-state index contributed by atoms with van der Waals surface area (Å²) in [4.78, 5) is 25.7. The lowest BCUT2D eigenvalue weighted by Crippen LogP contribution is -2.58. The van der Waals surface area contributed by atoms with Crippen LogP contribution < -0.4 is 5.73 Å². The molecule has 1 fully saturated rings. The van der Waals surface area contributed by atoms with Crippen LogP contribution in [0.2, 0.25) is 0 Å². The predicted molar refractivity (Wildman–Crippen MR) is 82.3 cm³/mol. The highest BCUT2D eigenvalue weighted by Gasteiger charge is 2.39. The number of primary amides is 1. The summed E-state index contributed by atoms with van der Waals surface area (Å²) >= 11 is 0. The van der Waals surface area contributed by atoms with E-state index in [0.29, 0.717) is 19.6 Å². The third kappa shape index (κ3) is 2.86. The SMILES string of the molecule is C[C@]1(C(N)=O)CN(C(=O)Cc2ccc3c(c2)CCC3)CCO1. The van der Waals surface area contributed by atoms with E-state index in [1.165, 1.54) is 17.5 Å². The van der Waals surface area contributed by atoms with Crippen molar-refractivity contribution in [3.63, 3.8) is 0 Å². The first-order valence-electron chi connectivity index (χ1n) is 7.80. The molecule has 0 bridgehead atoms. The van der Waals surface area contributed by atoms with Crippen LogP contribution in [0.3, 0.4) is 0 Å². The largest absolute Gasteiger partial charge is 0.367 e. The zero-order chi connectivity index (χ0) is 15.7. The Labute approximate surface area is 130 Å².